The first kappa shape index (κ1) is 29.0. The molecule has 4 amide bonds. The van der Waals surface area contributed by atoms with Gasteiger partial charge in [-0.15, -0.1) is 0 Å². The molecule has 0 saturated carbocycles. The zero-order valence-corrected chi connectivity index (χ0v) is 23.0. The van der Waals surface area contributed by atoms with Gasteiger partial charge in [-0.05, 0) is 50.2 Å². The van der Waals surface area contributed by atoms with E-state index in [1.807, 2.05) is 68.7 Å². The van der Waals surface area contributed by atoms with Gasteiger partial charge in [-0.3, -0.25) is 9.59 Å². The van der Waals surface area contributed by atoms with Crippen molar-refractivity contribution in [3.05, 3.63) is 65.7 Å². The van der Waals surface area contributed by atoms with E-state index >= 15 is 0 Å². The van der Waals surface area contributed by atoms with Crippen molar-refractivity contribution in [2.75, 3.05) is 40.8 Å². The number of amides is 4. The van der Waals surface area contributed by atoms with E-state index in [-0.39, 0.29) is 30.9 Å². The summed E-state index contributed by atoms with van der Waals surface area (Å²) >= 11 is 0. The smallest absolute Gasteiger partial charge is 0.316 e. The lowest BCUT2D eigenvalue weighted by Gasteiger charge is -2.46. The van der Waals surface area contributed by atoms with Gasteiger partial charge in [0.15, 0.2) is 0 Å². The third kappa shape index (κ3) is 8.21. The second-order valence-electron chi connectivity index (χ2n) is 9.91. The Hall–Kier alpha value is -3.59. The van der Waals surface area contributed by atoms with E-state index in [9.17, 15) is 14.4 Å². The minimum atomic E-state index is -0.631. The molecule has 0 spiro atoms. The number of carbonyl (C=O) groups is 3. The molecule has 206 valence electrons. The monoisotopic (exact) mass is 523 g/mol. The van der Waals surface area contributed by atoms with Crippen molar-refractivity contribution in [1.82, 2.24) is 25.3 Å². The van der Waals surface area contributed by atoms with Crippen LogP contribution in [0.5, 0.6) is 5.75 Å². The van der Waals surface area contributed by atoms with E-state index in [0.29, 0.717) is 25.9 Å². The maximum atomic E-state index is 13.6. The van der Waals surface area contributed by atoms with Crippen molar-refractivity contribution >= 4 is 17.8 Å². The zero-order chi connectivity index (χ0) is 27.5. The van der Waals surface area contributed by atoms with Gasteiger partial charge in [-0.25, -0.2) is 4.79 Å². The Balaban J connectivity index is 1.77. The first-order chi connectivity index (χ1) is 18.3. The Bertz CT molecular complexity index is 1040. The average Bonchev–Trinajstić information content (AvgIpc) is 2.91. The number of unbranched alkanes of at least 4 members (excludes halogenated alkanes) is 1. The Morgan fingerprint density at radius 2 is 1.76 bits per heavy atom. The fourth-order valence-electron chi connectivity index (χ4n) is 4.65. The Morgan fingerprint density at radius 1 is 1.05 bits per heavy atom. The van der Waals surface area contributed by atoms with Gasteiger partial charge in [0.1, 0.15) is 18.0 Å². The number of hydrogen-bond acceptors (Lipinski definition) is 5. The molecular weight excluding hydrogens is 482 g/mol. The van der Waals surface area contributed by atoms with Crippen LogP contribution in [-0.4, -0.2) is 85.6 Å². The molecule has 2 aromatic rings. The van der Waals surface area contributed by atoms with Crippen molar-refractivity contribution < 1.29 is 19.1 Å². The largest absolute Gasteiger partial charge is 0.497 e. The van der Waals surface area contributed by atoms with Crippen LogP contribution in [0.15, 0.2) is 54.6 Å². The Kier molecular flexibility index (Phi) is 11.0. The molecule has 0 aromatic heterocycles. The topological polar surface area (TPSA) is 94.2 Å². The van der Waals surface area contributed by atoms with Crippen molar-refractivity contribution in [1.29, 1.82) is 0 Å². The summed E-state index contributed by atoms with van der Waals surface area (Å²) in [5, 5.41) is 5.87. The zero-order valence-electron chi connectivity index (χ0n) is 23.0. The summed E-state index contributed by atoms with van der Waals surface area (Å²) in [6.07, 6.45) is 2.35. The number of nitrogens with one attached hydrogen (secondary N) is 2. The molecule has 9 nitrogen and oxygen atoms in total. The molecule has 0 bridgehead atoms. The highest BCUT2D eigenvalue weighted by molar-refractivity contribution is 5.90. The number of urea groups is 1. The number of ether oxygens (including phenoxy) is 1. The van der Waals surface area contributed by atoms with Crippen LogP contribution in [0.1, 0.15) is 37.3 Å². The van der Waals surface area contributed by atoms with E-state index < -0.39 is 12.2 Å². The second-order valence-corrected chi connectivity index (χ2v) is 9.91. The normalized spacial score (nSPS) is 17.4. The first-order valence-electron chi connectivity index (χ1n) is 13.3. The maximum absolute atomic E-state index is 13.6. The SMILES string of the molecule is CCCC[C@H]1C(=O)N(CCc2ccccc2)CC(NC(=O)NCc2ccc(OC)cc2)N1C(=O)CN(C)C. The fourth-order valence-corrected chi connectivity index (χ4v) is 4.65. The van der Waals surface area contributed by atoms with E-state index in [1.165, 1.54) is 0 Å². The molecule has 1 unspecified atom stereocenters. The number of benzene rings is 2. The Morgan fingerprint density at radius 3 is 2.39 bits per heavy atom. The molecule has 0 radical (unpaired) electrons. The molecule has 1 aliphatic rings. The van der Waals surface area contributed by atoms with E-state index in [4.69, 9.17) is 4.74 Å². The van der Waals surface area contributed by atoms with Gasteiger partial charge >= 0.3 is 6.03 Å². The van der Waals surface area contributed by atoms with E-state index in [1.54, 1.807) is 21.8 Å². The summed E-state index contributed by atoms with van der Waals surface area (Å²) in [7, 11) is 5.25. The molecule has 0 aliphatic carbocycles. The Labute approximate surface area is 226 Å². The molecule has 1 aliphatic heterocycles. The van der Waals surface area contributed by atoms with Crippen LogP contribution < -0.4 is 15.4 Å². The highest BCUT2D eigenvalue weighted by Gasteiger charge is 2.43. The summed E-state index contributed by atoms with van der Waals surface area (Å²) in [4.78, 5) is 45.2. The number of methoxy groups -OCH3 is 1. The lowest BCUT2D eigenvalue weighted by molar-refractivity contribution is -0.157. The molecule has 2 atom stereocenters. The van der Waals surface area contributed by atoms with E-state index in [2.05, 4.69) is 17.6 Å². The number of rotatable bonds is 12. The lowest BCUT2D eigenvalue weighted by atomic mass is 10.0. The van der Waals surface area contributed by atoms with Gasteiger partial charge in [0.25, 0.3) is 0 Å². The van der Waals surface area contributed by atoms with Gasteiger partial charge < -0.3 is 30.1 Å². The van der Waals surface area contributed by atoms with Crippen LogP contribution in [-0.2, 0) is 22.6 Å². The molecule has 2 aromatic carbocycles. The number of likely N-dealkylation sites (N-methyl/N-ethyl adjacent to an activating group) is 1. The molecule has 3 rings (SSSR count). The molecular formula is C29H41N5O4. The van der Waals surface area contributed by atoms with Crippen LogP contribution in [0.4, 0.5) is 4.79 Å². The highest BCUT2D eigenvalue weighted by atomic mass is 16.5. The fraction of sp³-hybridized carbons (Fsp3) is 0.483. The van der Waals surface area contributed by atoms with Crippen molar-refractivity contribution in [2.45, 2.75) is 51.4 Å². The molecule has 1 saturated heterocycles. The predicted octanol–water partition coefficient (Wildman–Crippen LogP) is 2.85. The van der Waals surface area contributed by atoms with Crippen LogP contribution in [0.3, 0.4) is 0 Å². The average molecular weight is 524 g/mol. The van der Waals surface area contributed by atoms with Crippen molar-refractivity contribution in [2.24, 2.45) is 0 Å². The molecule has 38 heavy (non-hydrogen) atoms. The quantitative estimate of drug-likeness (QED) is 0.446. The highest BCUT2D eigenvalue weighted by Crippen LogP contribution is 2.22. The molecule has 2 N–H and O–H groups in total. The predicted molar refractivity (Wildman–Crippen MR) is 148 cm³/mol. The second kappa shape index (κ2) is 14.4. The molecule has 9 heteroatoms. The van der Waals surface area contributed by atoms with E-state index in [0.717, 1.165) is 29.7 Å². The van der Waals surface area contributed by atoms with Gasteiger partial charge in [0.2, 0.25) is 11.8 Å². The van der Waals surface area contributed by atoms with Crippen LogP contribution in [0.2, 0.25) is 0 Å². The number of nitrogens with zero attached hydrogens (tertiary/aromatic N) is 3. The lowest BCUT2D eigenvalue weighted by Crippen LogP contribution is -2.69. The minimum absolute atomic E-state index is 0.0572. The maximum Gasteiger partial charge on any atom is 0.316 e. The van der Waals surface area contributed by atoms with Crippen LogP contribution >= 0.6 is 0 Å². The third-order valence-corrected chi connectivity index (χ3v) is 6.66. The summed E-state index contributed by atoms with van der Waals surface area (Å²) < 4.78 is 5.19. The van der Waals surface area contributed by atoms with Crippen LogP contribution in [0.25, 0.3) is 0 Å². The van der Waals surface area contributed by atoms with Gasteiger partial charge in [0, 0.05) is 13.1 Å². The number of carbonyl (C=O) groups excluding carboxylic acids is 3. The summed E-state index contributed by atoms with van der Waals surface area (Å²) in [5.41, 5.74) is 2.06. The standard InChI is InChI=1S/C29H41N5O4/c1-5-6-12-25-28(36)33(18-17-22-10-8-7-9-11-22)20-26(34(25)27(35)21-32(2)3)31-29(37)30-19-23-13-15-24(38-4)16-14-23/h7-11,13-16,25-26H,5-6,12,17-21H2,1-4H3,(H2,30,31,37)/t25-,26?/m0/s1. The summed E-state index contributed by atoms with van der Waals surface area (Å²) in [6, 6.07) is 16.5. The number of piperazine rings is 1. The first-order valence-corrected chi connectivity index (χ1v) is 13.3. The van der Waals surface area contributed by atoms with Crippen molar-refractivity contribution in [3.8, 4) is 5.75 Å². The van der Waals surface area contributed by atoms with Crippen molar-refractivity contribution in [3.63, 3.8) is 0 Å². The molecule has 1 heterocycles. The molecule has 1 fully saturated rings. The summed E-state index contributed by atoms with van der Waals surface area (Å²) in [5.74, 6) is 0.514. The summed E-state index contributed by atoms with van der Waals surface area (Å²) in [6.45, 7) is 3.31. The van der Waals surface area contributed by atoms with Gasteiger partial charge in [-0.1, -0.05) is 62.2 Å². The van der Waals surface area contributed by atoms with Gasteiger partial charge in [0.05, 0.1) is 20.2 Å². The number of hydrogen-bond donors (Lipinski definition) is 2. The van der Waals surface area contributed by atoms with Gasteiger partial charge in [-0.2, -0.15) is 0 Å². The third-order valence-electron chi connectivity index (χ3n) is 6.66. The minimum Gasteiger partial charge on any atom is -0.497 e. The van der Waals surface area contributed by atoms with Crippen LogP contribution in [0, 0.1) is 0 Å².